The van der Waals surface area contributed by atoms with E-state index in [0.717, 1.165) is 12.0 Å². The first-order valence-corrected chi connectivity index (χ1v) is 24.6. The lowest BCUT2D eigenvalue weighted by molar-refractivity contribution is -0.318. The molecule has 0 saturated carbocycles. The van der Waals surface area contributed by atoms with Crippen LogP contribution < -0.4 is 0 Å². The highest BCUT2D eigenvalue weighted by atomic mass is 16.7. The van der Waals surface area contributed by atoms with Gasteiger partial charge in [-0.25, -0.2) is 4.79 Å². The Kier molecular flexibility index (Phi) is 17.3. The van der Waals surface area contributed by atoms with Crippen molar-refractivity contribution in [2.45, 2.75) is 191 Å². The van der Waals surface area contributed by atoms with Crippen LogP contribution in [0.25, 0.3) is 0 Å². The summed E-state index contributed by atoms with van der Waals surface area (Å²) in [5.41, 5.74) is -0.108. The van der Waals surface area contributed by atoms with E-state index in [1.54, 1.807) is 40.2 Å². The highest BCUT2D eigenvalue weighted by Gasteiger charge is 2.61. The second kappa shape index (κ2) is 22.4. The number of carbonyl (C=O) groups is 2. The monoisotopic (exact) mass is 957 g/mol. The van der Waals surface area contributed by atoms with Crippen molar-refractivity contribution >= 4 is 12.1 Å². The van der Waals surface area contributed by atoms with E-state index in [2.05, 4.69) is 39.5 Å². The molecule has 4 saturated heterocycles. The van der Waals surface area contributed by atoms with Crippen LogP contribution in [0.2, 0.25) is 0 Å². The molecule has 6 aliphatic heterocycles. The second-order valence-electron chi connectivity index (χ2n) is 19.9. The number of fused-ring (bicyclic) bond motifs is 2. The Morgan fingerprint density at radius 3 is 2.38 bits per heavy atom. The normalized spacial score (nSPS) is 45.6. The zero-order valence-corrected chi connectivity index (χ0v) is 41.5. The lowest BCUT2D eigenvalue weighted by Crippen LogP contribution is -2.59. The van der Waals surface area contributed by atoms with E-state index in [1.807, 2.05) is 39.0 Å². The molecule has 6 heterocycles. The van der Waals surface area contributed by atoms with Gasteiger partial charge in [-0.2, -0.15) is 0 Å². The van der Waals surface area contributed by atoms with Gasteiger partial charge in [0.25, 0.3) is 0 Å². The molecule has 16 nitrogen and oxygen atoms in total. The number of esters is 1. The van der Waals surface area contributed by atoms with Crippen LogP contribution in [0.3, 0.4) is 0 Å². The van der Waals surface area contributed by atoms with Crippen LogP contribution in [0.5, 0.6) is 0 Å². The maximum atomic E-state index is 14.6. The van der Waals surface area contributed by atoms with Crippen LogP contribution >= 0.6 is 0 Å². The van der Waals surface area contributed by atoms with Crippen molar-refractivity contribution in [3.8, 4) is 0 Å². The van der Waals surface area contributed by atoms with E-state index in [4.69, 9.17) is 56.8 Å². The molecular formula is C52H76O16. The molecule has 68 heavy (non-hydrogen) atoms. The van der Waals surface area contributed by atoms with Gasteiger partial charge in [-0.1, -0.05) is 83.2 Å². The van der Waals surface area contributed by atoms with E-state index in [1.165, 1.54) is 6.08 Å². The minimum Gasteiger partial charge on any atom is -0.462 e. The van der Waals surface area contributed by atoms with Gasteiger partial charge in [-0.3, -0.25) is 4.79 Å². The SMILES string of the molecule is C=CCOC(=O)O[C@@H]1C(C)=C[C@H]2C(=O)O[C@H]3C[C@@H](C/C=C(\C)[C@@H](O[C@H]4C[C@H](OC)[C@@H](O[C@H]5C[C@H](OC)[C@@H](O)[C@H](C)O5)[C@H](C)O4)[C@@H](C)/C=C/C=C4/CO[C@H]1[C@@]42O)O[C@@]1(C=C[C@H](C)[C@@H]([C@@H](C)CC)O1)C3. The van der Waals surface area contributed by atoms with Crippen LogP contribution in [0.1, 0.15) is 93.9 Å². The van der Waals surface area contributed by atoms with Crippen molar-refractivity contribution in [3.63, 3.8) is 0 Å². The number of aliphatic hydroxyl groups excluding tert-OH is 1. The van der Waals surface area contributed by atoms with Gasteiger partial charge in [0.1, 0.15) is 42.5 Å². The van der Waals surface area contributed by atoms with E-state index in [9.17, 15) is 19.8 Å². The molecule has 7 rings (SSSR count). The number of ether oxygens (including phenoxy) is 12. The fourth-order valence-corrected chi connectivity index (χ4v) is 11.0. The zero-order valence-electron chi connectivity index (χ0n) is 41.5. The van der Waals surface area contributed by atoms with Crippen molar-refractivity contribution in [3.05, 3.63) is 71.9 Å². The minimum atomic E-state index is -1.96. The molecule has 2 N–H and O–H groups in total. The van der Waals surface area contributed by atoms with Gasteiger partial charge < -0.3 is 67.1 Å². The average molecular weight is 957 g/mol. The predicted octanol–water partition coefficient (Wildman–Crippen LogP) is 6.72. The summed E-state index contributed by atoms with van der Waals surface area (Å²) in [7, 11) is 3.20. The van der Waals surface area contributed by atoms with E-state index < -0.39 is 109 Å². The van der Waals surface area contributed by atoms with Crippen molar-refractivity contribution in [1.82, 2.24) is 0 Å². The van der Waals surface area contributed by atoms with Crippen LogP contribution in [-0.4, -0.2) is 147 Å². The fraction of sp³-hybridized carbons (Fsp3) is 0.731. The van der Waals surface area contributed by atoms with E-state index in [0.29, 0.717) is 36.8 Å². The molecule has 7 aliphatic rings. The fourth-order valence-electron chi connectivity index (χ4n) is 11.0. The molecule has 16 heteroatoms. The summed E-state index contributed by atoms with van der Waals surface area (Å²) in [6, 6.07) is 0. The quantitative estimate of drug-likeness (QED) is 0.164. The Hall–Kier alpha value is -3.26. The number of hydrogen-bond donors (Lipinski definition) is 2. The second-order valence-corrected chi connectivity index (χ2v) is 19.9. The molecule has 20 atom stereocenters. The molecule has 0 aromatic heterocycles. The van der Waals surface area contributed by atoms with Gasteiger partial charge in [0.05, 0.1) is 49.3 Å². The lowest BCUT2D eigenvalue weighted by Gasteiger charge is -2.48. The third-order valence-corrected chi connectivity index (χ3v) is 15.0. The Labute approximate surface area is 401 Å². The number of hydrogen-bond acceptors (Lipinski definition) is 16. The maximum absolute atomic E-state index is 14.6. The van der Waals surface area contributed by atoms with Crippen LogP contribution in [-0.2, 0) is 61.6 Å². The topological polar surface area (TPSA) is 185 Å². The first-order chi connectivity index (χ1) is 32.4. The average Bonchev–Trinajstić information content (AvgIpc) is 3.65. The number of methoxy groups -OCH3 is 2. The first-order valence-electron chi connectivity index (χ1n) is 24.6. The van der Waals surface area contributed by atoms with Gasteiger partial charge in [0.15, 0.2) is 24.5 Å². The minimum absolute atomic E-state index is 0.0472. The summed E-state index contributed by atoms with van der Waals surface area (Å²) in [5.74, 6) is -2.87. The molecule has 1 spiro atoms. The molecule has 0 unspecified atom stereocenters. The summed E-state index contributed by atoms with van der Waals surface area (Å²) in [6.07, 6.45) is 8.27. The van der Waals surface area contributed by atoms with Crippen molar-refractivity contribution in [1.29, 1.82) is 0 Å². The summed E-state index contributed by atoms with van der Waals surface area (Å²) in [5, 5.41) is 23.5. The standard InChI is InChI=1S/C52H76O16/c1-12-21-59-50(55)66-46-32(7)22-38-49(54)63-37-23-36(67-51(26-37)20-19-31(6)45(68-51)28(3)13-2)18-17-30(5)44(29(4)15-14-16-35-27-60-48(46)52(35,38)56)64-42-25-40(58-11)47(34(9)62-42)65-41-24-39(57-10)43(53)33(8)61-41/h12,14-17,19-20,22,28-29,31,33-34,36-48,53,56H,1,13,18,21,23-27H2,2-11H3/b15-14+,30-17+,35-16-/t28-,29-,31-,33-,34-,36+,37-,38-,39-,40-,41-,42-,43-,44-,45+,46+,47-,48+,51+,52+/m0/s1. The lowest BCUT2D eigenvalue weighted by atomic mass is 9.70. The summed E-state index contributed by atoms with van der Waals surface area (Å²) in [4.78, 5) is 27.4. The van der Waals surface area contributed by atoms with Gasteiger partial charge in [-0.15, -0.1) is 0 Å². The number of rotatable bonds is 11. The van der Waals surface area contributed by atoms with Gasteiger partial charge in [-0.05, 0) is 62.8 Å². The smallest absolute Gasteiger partial charge is 0.462 e. The van der Waals surface area contributed by atoms with Crippen LogP contribution in [0, 0.1) is 23.7 Å². The number of allylic oxidation sites excluding steroid dienone is 2. The van der Waals surface area contributed by atoms with Gasteiger partial charge in [0, 0.05) is 51.7 Å². The van der Waals surface area contributed by atoms with E-state index in [-0.39, 0.29) is 43.5 Å². The van der Waals surface area contributed by atoms with Crippen LogP contribution in [0.15, 0.2) is 71.9 Å². The number of aliphatic hydroxyl groups is 2. The Bertz CT molecular complexity index is 1930. The molecule has 0 amide bonds. The van der Waals surface area contributed by atoms with Crippen molar-refractivity contribution in [2.24, 2.45) is 23.7 Å². The summed E-state index contributed by atoms with van der Waals surface area (Å²) < 4.78 is 75.0. The first kappa shape index (κ1) is 52.6. The molecule has 2 bridgehead atoms. The van der Waals surface area contributed by atoms with E-state index >= 15 is 0 Å². The molecule has 4 fully saturated rings. The Morgan fingerprint density at radius 2 is 1.66 bits per heavy atom. The van der Waals surface area contributed by atoms with Crippen molar-refractivity contribution < 1.29 is 76.6 Å². The number of carbonyl (C=O) groups excluding carboxylic acids is 2. The molecule has 1 aliphatic carbocycles. The highest BCUT2D eigenvalue weighted by molar-refractivity contribution is 5.79. The Morgan fingerprint density at radius 1 is 0.941 bits per heavy atom. The molecular weight excluding hydrogens is 881 g/mol. The maximum Gasteiger partial charge on any atom is 0.509 e. The molecule has 380 valence electrons. The molecule has 0 radical (unpaired) electrons. The van der Waals surface area contributed by atoms with Gasteiger partial charge in [0.2, 0.25) is 0 Å². The summed E-state index contributed by atoms with van der Waals surface area (Å²) in [6.45, 7) is 19.4. The third kappa shape index (κ3) is 11.3. The highest BCUT2D eigenvalue weighted by Crippen LogP contribution is 2.48. The van der Waals surface area contributed by atoms with Gasteiger partial charge >= 0.3 is 12.1 Å². The summed E-state index contributed by atoms with van der Waals surface area (Å²) >= 11 is 0. The predicted molar refractivity (Wildman–Crippen MR) is 248 cm³/mol. The van der Waals surface area contributed by atoms with Crippen LogP contribution in [0.4, 0.5) is 4.79 Å². The largest absolute Gasteiger partial charge is 0.509 e. The molecule has 0 aromatic rings. The molecule has 0 aromatic carbocycles. The third-order valence-electron chi connectivity index (χ3n) is 15.0. The zero-order chi connectivity index (χ0) is 49.1. The van der Waals surface area contributed by atoms with Crippen molar-refractivity contribution in [2.75, 3.05) is 27.4 Å². The Balaban J connectivity index is 1.21.